The average Bonchev–Trinajstić information content (AvgIpc) is 3.15. The van der Waals surface area contributed by atoms with Crippen LogP contribution in [0.3, 0.4) is 0 Å². The van der Waals surface area contributed by atoms with Crippen LogP contribution in [-0.4, -0.2) is 41.6 Å². The summed E-state index contributed by atoms with van der Waals surface area (Å²) in [5.74, 6) is 0.212. The number of ether oxygens (including phenoxy) is 2. The van der Waals surface area contributed by atoms with Gasteiger partial charge < -0.3 is 24.8 Å². The topological polar surface area (TPSA) is 83.9 Å². The number of aromatic nitrogens is 1. The molecule has 0 saturated carbocycles. The molecule has 10 heteroatoms. The van der Waals surface area contributed by atoms with Gasteiger partial charge in [-0.15, -0.1) is 13.2 Å². The lowest BCUT2D eigenvalue weighted by Gasteiger charge is -2.17. The van der Waals surface area contributed by atoms with Crippen molar-refractivity contribution in [3.8, 4) is 28.4 Å². The number of aliphatic hydroxyl groups is 1. The van der Waals surface area contributed by atoms with Crippen molar-refractivity contribution in [1.29, 1.82) is 0 Å². The van der Waals surface area contributed by atoms with Crippen LogP contribution in [0.5, 0.6) is 17.2 Å². The van der Waals surface area contributed by atoms with E-state index in [0.717, 1.165) is 29.1 Å². The molecule has 33 heavy (non-hydrogen) atoms. The normalized spacial score (nSPS) is 17.5. The van der Waals surface area contributed by atoms with E-state index < -0.39 is 18.0 Å². The van der Waals surface area contributed by atoms with Crippen LogP contribution in [0.2, 0.25) is 0 Å². The minimum atomic E-state index is -4.85. The number of benzene rings is 2. The molecule has 3 aromatic rings. The number of alkyl halides is 3. The molecule has 5 rings (SSSR count). The number of carbonyl (C=O) groups is 1. The van der Waals surface area contributed by atoms with E-state index in [0.29, 0.717) is 19.5 Å². The van der Waals surface area contributed by atoms with Crippen molar-refractivity contribution in [2.24, 2.45) is 0 Å². The Morgan fingerprint density at radius 1 is 1.09 bits per heavy atom. The van der Waals surface area contributed by atoms with Gasteiger partial charge in [-0.25, -0.2) is 4.98 Å². The number of hydrogen-bond acceptors (Lipinski definition) is 6. The molecule has 1 atom stereocenters. The number of rotatable bonds is 3. The van der Waals surface area contributed by atoms with Gasteiger partial charge in [-0.3, -0.25) is 4.79 Å². The number of carbonyl (C=O) groups excluding carboxylic acids is 1. The van der Waals surface area contributed by atoms with Gasteiger partial charge in [0.2, 0.25) is 0 Å². The molecular formula is C23H18F3N3O4. The van der Waals surface area contributed by atoms with Crippen molar-refractivity contribution < 1.29 is 32.5 Å². The number of anilines is 2. The van der Waals surface area contributed by atoms with Crippen LogP contribution in [0, 0.1) is 0 Å². The number of nitrogens with one attached hydrogen (secondary N) is 1. The first-order valence-electron chi connectivity index (χ1n) is 10.2. The Morgan fingerprint density at radius 2 is 1.88 bits per heavy atom. The standard InChI is InChI=1S/C23H18F3N3O4/c24-23(25,26)33-16-2-4-20-18(11-16)28-22(31)17-9-13(1-3-19(17)32-20)14-5-7-27-21(10-14)29-8-6-15(30)12-29/h1-5,7,9-11,15,30H,6,8,12H2,(H,28,31)/t15-/m0/s1. The van der Waals surface area contributed by atoms with Crippen molar-refractivity contribution >= 4 is 17.4 Å². The van der Waals surface area contributed by atoms with Gasteiger partial charge in [0.05, 0.1) is 17.4 Å². The van der Waals surface area contributed by atoms with E-state index in [2.05, 4.69) is 15.0 Å². The molecule has 3 heterocycles. The minimum absolute atomic E-state index is 0.0679. The summed E-state index contributed by atoms with van der Waals surface area (Å²) in [5, 5.41) is 12.4. The summed E-state index contributed by atoms with van der Waals surface area (Å²) in [6, 6.07) is 12.3. The quantitative estimate of drug-likeness (QED) is 0.599. The van der Waals surface area contributed by atoms with Crippen LogP contribution < -0.4 is 19.7 Å². The van der Waals surface area contributed by atoms with E-state index >= 15 is 0 Å². The van der Waals surface area contributed by atoms with E-state index in [-0.39, 0.29) is 28.9 Å². The number of pyridine rings is 1. The van der Waals surface area contributed by atoms with Crippen molar-refractivity contribution in [2.45, 2.75) is 18.9 Å². The van der Waals surface area contributed by atoms with Gasteiger partial charge in [0, 0.05) is 25.4 Å². The molecule has 2 aliphatic rings. The molecule has 1 saturated heterocycles. The lowest BCUT2D eigenvalue weighted by Crippen LogP contribution is -2.22. The van der Waals surface area contributed by atoms with Crippen LogP contribution >= 0.6 is 0 Å². The van der Waals surface area contributed by atoms with E-state index in [1.807, 2.05) is 17.0 Å². The van der Waals surface area contributed by atoms with Crippen molar-refractivity contribution in [2.75, 3.05) is 23.3 Å². The second-order valence-electron chi connectivity index (χ2n) is 7.76. The Hall–Kier alpha value is -3.79. The third kappa shape index (κ3) is 4.42. The summed E-state index contributed by atoms with van der Waals surface area (Å²) in [4.78, 5) is 19.2. The molecule has 170 valence electrons. The first-order chi connectivity index (χ1) is 15.7. The predicted octanol–water partition coefficient (Wildman–Crippen LogP) is 4.58. The lowest BCUT2D eigenvalue weighted by molar-refractivity contribution is -0.274. The van der Waals surface area contributed by atoms with Gasteiger partial charge in [0.1, 0.15) is 17.3 Å². The molecule has 7 nitrogen and oxygen atoms in total. The molecule has 1 amide bonds. The Morgan fingerprint density at radius 3 is 2.64 bits per heavy atom. The van der Waals surface area contributed by atoms with Gasteiger partial charge in [-0.1, -0.05) is 6.07 Å². The van der Waals surface area contributed by atoms with E-state index in [4.69, 9.17) is 4.74 Å². The van der Waals surface area contributed by atoms with Gasteiger partial charge in [0.15, 0.2) is 5.75 Å². The van der Waals surface area contributed by atoms with Crippen molar-refractivity contribution in [3.05, 3.63) is 60.3 Å². The van der Waals surface area contributed by atoms with E-state index in [9.17, 15) is 23.1 Å². The number of amides is 1. The molecular weight excluding hydrogens is 439 g/mol. The maximum absolute atomic E-state index is 12.9. The smallest absolute Gasteiger partial charge is 0.454 e. The molecule has 0 spiro atoms. The van der Waals surface area contributed by atoms with Gasteiger partial charge in [-0.2, -0.15) is 0 Å². The fourth-order valence-corrected chi connectivity index (χ4v) is 3.90. The summed E-state index contributed by atoms with van der Waals surface area (Å²) < 4.78 is 47.3. The summed E-state index contributed by atoms with van der Waals surface area (Å²) in [7, 11) is 0. The number of β-amino-alcohol motifs (C(OH)–C–C–N with tert-alkyl or cyclic N) is 1. The highest BCUT2D eigenvalue weighted by Crippen LogP contribution is 2.40. The molecule has 0 bridgehead atoms. The molecule has 2 aromatic carbocycles. The zero-order chi connectivity index (χ0) is 23.2. The Bertz CT molecular complexity index is 1230. The monoisotopic (exact) mass is 457 g/mol. The maximum atomic E-state index is 12.9. The molecule has 0 unspecified atom stereocenters. The number of nitrogens with zero attached hydrogens (tertiary/aromatic N) is 2. The first kappa shape index (κ1) is 21.1. The highest BCUT2D eigenvalue weighted by molar-refractivity contribution is 6.08. The molecule has 0 aliphatic carbocycles. The summed E-state index contributed by atoms with van der Waals surface area (Å²) in [6.07, 6.45) is -2.89. The van der Waals surface area contributed by atoms with Crippen LogP contribution in [-0.2, 0) is 0 Å². The van der Waals surface area contributed by atoms with Gasteiger partial charge in [-0.05, 0) is 53.9 Å². The number of halogens is 3. The SMILES string of the molecule is O=C1Nc2cc(OC(F)(F)F)ccc2Oc2ccc(-c3ccnc(N4CC[C@H](O)C4)c3)cc21. The van der Waals surface area contributed by atoms with Crippen molar-refractivity contribution in [3.63, 3.8) is 0 Å². The summed E-state index contributed by atoms with van der Waals surface area (Å²) >= 11 is 0. The number of fused-ring (bicyclic) bond motifs is 2. The predicted molar refractivity (Wildman–Crippen MR) is 114 cm³/mol. The highest BCUT2D eigenvalue weighted by Gasteiger charge is 2.32. The van der Waals surface area contributed by atoms with Crippen LogP contribution in [0.15, 0.2) is 54.7 Å². The molecule has 2 aliphatic heterocycles. The van der Waals surface area contributed by atoms with Gasteiger partial charge in [0.25, 0.3) is 5.91 Å². The Balaban J connectivity index is 1.44. The number of aliphatic hydroxyl groups excluding tert-OH is 1. The second-order valence-corrected chi connectivity index (χ2v) is 7.76. The minimum Gasteiger partial charge on any atom is -0.454 e. The maximum Gasteiger partial charge on any atom is 0.573 e. The third-order valence-electron chi connectivity index (χ3n) is 5.44. The summed E-state index contributed by atoms with van der Waals surface area (Å²) in [6.45, 7) is 1.21. The van der Waals surface area contributed by atoms with E-state index in [1.165, 1.54) is 6.07 Å². The second kappa shape index (κ2) is 7.96. The average molecular weight is 457 g/mol. The van der Waals surface area contributed by atoms with Crippen LogP contribution in [0.25, 0.3) is 11.1 Å². The third-order valence-corrected chi connectivity index (χ3v) is 5.44. The van der Waals surface area contributed by atoms with Crippen LogP contribution in [0.4, 0.5) is 24.7 Å². The molecule has 2 N–H and O–H groups in total. The Kier molecular flexibility index (Phi) is 5.09. The summed E-state index contributed by atoms with van der Waals surface area (Å²) in [5.41, 5.74) is 1.86. The highest BCUT2D eigenvalue weighted by atomic mass is 19.4. The largest absolute Gasteiger partial charge is 0.573 e. The Labute approximate surface area is 186 Å². The zero-order valence-electron chi connectivity index (χ0n) is 17.1. The lowest BCUT2D eigenvalue weighted by atomic mass is 10.0. The van der Waals surface area contributed by atoms with E-state index in [1.54, 1.807) is 24.4 Å². The van der Waals surface area contributed by atoms with Crippen molar-refractivity contribution in [1.82, 2.24) is 4.98 Å². The van der Waals surface area contributed by atoms with Gasteiger partial charge >= 0.3 is 6.36 Å². The molecule has 1 aromatic heterocycles. The molecule has 1 fully saturated rings. The fraction of sp³-hybridized carbons (Fsp3) is 0.217. The molecule has 0 radical (unpaired) electrons. The number of hydrogen-bond donors (Lipinski definition) is 2. The first-order valence-corrected chi connectivity index (χ1v) is 10.2. The zero-order valence-corrected chi connectivity index (χ0v) is 17.1. The fourth-order valence-electron chi connectivity index (χ4n) is 3.90. The van der Waals surface area contributed by atoms with Crippen LogP contribution in [0.1, 0.15) is 16.8 Å².